The number of ether oxygens (including phenoxy) is 1. The lowest BCUT2D eigenvalue weighted by Gasteiger charge is -2.64. The van der Waals surface area contributed by atoms with Crippen molar-refractivity contribution < 1.29 is 14.3 Å². The summed E-state index contributed by atoms with van der Waals surface area (Å²) in [6.45, 7) is 9.19. The molecule has 0 saturated heterocycles. The van der Waals surface area contributed by atoms with Gasteiger partial charge in [0, 0.05) is 24.7 Å². The Bertz CT molecular complexity index is 613. The molecule has 4 aliphatic carbocycles. The van der Waals surface area contributed by atoms with Gasteiger partial charge >= 0.3 is 5.97 Å². The van der Waals surface area contributed by atoms with E-state index in [4.69, 9.17) is 4.74 Å². The summed E-state index contributed by atoms with van der Waals surface area (Å²) in [4.78, 5) is 24.1. The molecule has 0 spiro atoms. The van der Waals surface area contributed by atoms with Gasteiger partial charge in [-0.05, 0) is 73.5 Å². The maximum absolute atomic E-state index is 12.2. The van der Waals surface area contributed by atoms with Gasteiger partial charge in [0.15, 0.2) is 0 Å². The quantitative estimate of drug-likeness (QED) is 0.627. The predicted octanol–water partition coefficient (Wildman–Crippen LogP) is 5.31. The third-order valence-corrected chi connectivity index (χ3v) is 9.65. The Kier molecular flexibility index (Phi) is 4.32. The molecule has 0 bridgehead atoms. The number of hydrogen-bond donors (Lipinski definition) is 0. The van der Waals surface area contributed by atoms with E-state index < -0.39 is 0 Å². The molecule has 0 radical (unpaired) electrons. The van der Waals surface area contributed by atoms with E-state index in [-0.39, 0.29) is 22.9 Å². The topological polar surface area (TPSA) is 43.4 Å². The summed E-state index contributed by atoms with van der Waals surface area (Å²) in [5, 5.41) is 0. The minimum Gasteiger partial charge on any atom is -0.462 e. The molecule has 3 nitrogen and oxygen atoms in total. The van der Waals surface area contributed by atoms with Crippen molar-refractivity contribution >= 4 is 11.8 Å². The lowest BCUT2D eigenvalue weighted by atomic mass is 9.40. The van der Waals surface area contributed by atoms with Crippen LogP contribution >= 0.6 is 0 Å². The van der Waals surface area contributed by atoms with Crippen molar-refractivity contribution in [3.63, 3.8) is 0 Å². The fourth-order valence-corrected chi connectivity index (χ4v) is 7.79. The number of fused-ring (bicyclic) bond motifs is 5. The van der Waals surface area contributed by atoms with E-state index in [1.807, 2.05) is 6.92 Å². The average molecular weight is 361 g/mol. The number of carbonyl (C=O) groups excluding carboxylic acids is 2. The van der Waals surface area contributed by atoms with Crippen LogP contribution in [0.5, 0.6) is 0 Å². The number of rotatable bonds is 2. The first-order valence-corrected chi connectivity index (χ1v) is 10.9. The molecule has 0 aromatic carbocycles. The molecule has 7 atom stereocenters. The van der Waals surface area contributed by atoms with Crippen LogP contribution in [0.1, 0.15) is 91.9 Å². The molecule has 4 fully saturated rings. The summed E-state index contributed by atoms with van der Waals surface area (Å²) in [5.41, 5.74) is 0.674. The van der Waals surface area contributed by atoms with E-state index in [9.17, 15) is 9.59 Å². The summed E-state index contributed by atoms with van der Waals surface area (Å²) < 4.78 is 5.89. The van der Waals surface area contributed by atoms with E-state index in [0.717, 1.165) is 37.5 Å². The SMILES string of the molecule is CCC(=O)O[C@H]1CC[C@H]2[C@@H]3CC[C@]4(C)CC(=O)CC[C@]4(C)[C@H]3CC[C@]12C. The van der Waals surface area contributed by atoms with Gasteiger partial charge in [0.25, 0.3) is 0 Å². The summed E-state index contributed by atoms with van der Waals surface area (Å²) >= 11 is 0. The second kappa shape index (κ2) is 6.07. The van der Waals surface area contributed by atoms with Crippen LogP contribution in [-0.4, -0.2) is 17.9 Å². The zero-order valence-electron chi connectivity index (χ0n) is 17.1. The fourth-order valence-electron chi connectivity index (χ4n) is 7.79. The van der Waals surface area contributed by atoms with Crippen LogP contribution in [0.3, 0.4) is 0 Å². The second-order valence-corrected chi connectivity index (χ2v) is 10.6. The van der Waals surface area contributed by atoms with Crippen LogP contribution in [0, 0.1) is 34.0 Å². The van der Waals surface area contributed by atoms with Gasteiger partial charge < -0.3 is 4.74 Å². The molecule has 26 heavy (non-hydrogen) atoms. The molecule has 0 aliphatic heterocycles. The zero-order valence-corrected chi connectivity index (χ0v) is 17.1. The number of ketones is 1. The van der Waals surface area contributed by atoms with Crippen LogP contribution in [0.15, 0.2) is 0 Å². The van der Waals surface area contributed by atoms with Crippen molar-refractivity contribution in [2.24, 2.45) is 34.0 Å². The molecule has 0 unspecified atom stereocenters. The first-order valence-electron chi connectivity index (χ1n) is 10.9. The van der Waals surface area contributed by atoms with Gasteiger partial charge in [-0.3, -0.25) is 9.59 Å². The highest BCUT2D eigenvalue weighted by Gasteiger charge is 2.63. The van der Waals surface area contributed by atoms with Gasteiger partial charge in [0.1, 0.15) is 11.9 Å². The standard InChI is InChI=1S/C23H36O3/c1-5-20(25)26-19-7-6-17-16-9-11-21(2)14-15(24)8-13-23(21,4)18(16)10-12-22(17,19)3/h16-19H,5-14H2,1-4H3/t16-,17-,18-,19-,21+,22-,23+/m0/s1. The highest BCUT2D eigenvalue weighted by Crippen LogP contribution is 2.69. The molecule has 0 aromatic rings. The van der Waals surface area contributed by atoms with Gasteiger partial charge in [0.05, 0.1) is 0 Å². The van der Waals surface area contributed by atoms with Crippen molar-refractivity contribution in [1.82, 2.24) is 0 Å². The van der Waals surface area contributed by atoms with Gasteiger partial charge in [0.2, 0.25) is 0 Å². The molecule has 4 saturated carbocycles. The molecule has 146 valence electrons. The highest BCUT2D eigenvalue weighted by atomic mass is 16.5. The number of hydrogen-bond acceptors (Lipinski definition) is 3. The summed E-state index contributed by atoms with van der Waals surface area (Å²) in [5.74, 6) is 2.64. The average Bonchev–Trinajstić information content (AvgIpc) is 2.92. The lowest BCUT2D eigenvalue weighted by Crippen LogP contribution is -2.58. The molecule has 0 N–H and O–H groups in total. The Morgan fingerprint density at radius 1 is 1.04 bits per heavy atom. The zero-order chi connectivity index (χ0) is 18.7. The third kappa shape index (κ3) is 2.44. The predicted molar refractivity (Wildman–Crippen MR) is 102 cm³/mol. The first kappa shape index (κ1) is 18.5. The van der Waals surface area contributed by atoms with Crippen LogP contribution < -0.4 is 0 Å². The maximum atomic E-state index is 12.2. The van der Waals surface area contributed by atoms with Gasteiger partial charge in [-0.15, -0.1) is 0 Å². The highest BCUT2D eigenvalue weighted by molar-refractivity contribution is 5.80. The molecule has 0 amide bonds. The van der Waals surface area contributed by atoms with Crippen molar-refractivity contribution in [2.45, 2.75) is 98.0 Å². The minimum atomic E-state index is -0.0343. The molecule has 4 rings (SSSR count). The molecular formula is C23H36O3. The Morgan fingerprint density at radius 2 is 1.81 bits per heavy atom. The van der Waals surface area contributed by atoms with Crippen LogP contribution in [-0.2, 0) is 14.3 Å². The maximum Gasteiger partial charge on any atom is 0.305 e. The fraction of sp³-hybridized carbons (Fsp3) is 0.913. The molecule has 3 heteroatoms. The lowest BCUT2D eigenvalue weighted by molar-refractivity contribution is -0.174. The largest absolute Gasteiger partial charge is 0.462 e. The minimum absolute atomic E-state index is 0.0343. The van der Waals surface area contributed by atoms with Gasteiger partial charge in [-0.25, -0.2) is 0 Å². The Labute approximate surface area is 158 Å². The molecular weight excluding hydrogens is 324 g/mol. The number of esters is 1. The Hall–Kier alpha value is -0.860. The monoisotopic (exact) mass is 360 g/mol. The summed E-state index contributed by atoms with van der Waals surface area (Å²) in [6, 6.07) is 0. The Balaban J connectivity index is 1.59. The normalized spacial score (nSPS) is 50.5. The van der Waals surface area contributed by atoms with E-state index in [1.54, 1.807) is 0 Å². The van der Waals surface area contributed by atoms with E-state index in [1.165, 1.54) is 32.1 Å². The van der Waals surface area contributed by atoms with Gasteiger partial charge in [-0.1, -0.05) is 27.7 Å². The van der Waals surface area contributed by atoms with E-state index >= 15 is 0 Å². The molecule has 0 aromatic heterocycles. The van der Waals surface area contributed by atoms with Crippen molar-refractivity contribution in [2.75, 3.05) is 0 Å². The van der Waals surface area contributed by atoms with Crippen molar-refractivity contribution in [1.29, 1.82) is 0 Å². The first-order chi connectivity index (χ1) is 12.2. The Morgan fingerprint density at radius 3 is 2.54 bits per heavy atom. The molecule has 4 aliphatic rings. The van der Waals surface area contributed by atoms with Crippen molar-refractivity contribution in [3.05, 3.63) is 0 Å². The smallest absolute Gasteiger partial charge is 0.305 e. The summed E-state index contributed by atoms with van der Waals surface area (Å²) in [6.07, 6.45) is 10.4. The van der Waals surface area contributed by atoms with Crippen LogP contribution in [0.25, 0.3) is 0 Å². The second-order valence-electron chi connectivity index (χ2n) is 10.6. The van der Waals surface area contributed by atoms with Crippen LogP contribution in [0.4, 0.5) is 0 Å². The van der Waals surface area contributed by atoms with Crippen molar-refractivity contribution in [3.8, 4) is 0 Å². The van der Waals surface area contributed by atoms with Gasteiger partial charge in [-0.2, -0.15) is 0 Å². The van der Waals surface area contributed by atoms with E-state index in [2.05, 4.69) is 20.8 Å². The number of carbonyl (C=O) groups is 2. The summed E-state index contributed by atoms with van der Waals surface area (Å²) in [7, 11) is 0. The number of Topliss-reactive ketones (excluding diaryl/α,β-unsaturated/α-hetero) is 1. The third-order valence-electron chi connectivity index (χ3n) is 9.65. The van der Waals surface area contributed by atoms with Crippen LogP contribution in [0.2, 0.25) is 0 Å². The molecule has 0 heterocycles. The van der Waals surface area contributed by atoms with E-state index in [0.29, 0.717) is 23.5 Å².